The number of amides is 2. The van der Waals surface area contributed by atoms with Gasteiger partial charge in [-0.1, -0.05) is 18.2 Å². The zero-order valence-electron chi connectivity index (χ0n) is 18.6. The van der Waals surface area contributed by atoms with Crippen LogP contribution in [-0.4, -0.2) is 31.7 Å². The van der Waals surface area contributed by atoms with Crippen LogP contribution in [0.3, 0.4) is 0 Å². The molecule has 2 aromatic heterocycles. The molecule has 4 rings (SSSR count). The number of primary amides is 1. The first-order valence-electron chi connectivity index (χ1n) is 10.4. The molecule has 0 aliphatic carbocycles. The van der Waals surface area contributed by atoms with E-state index in [1.165, 1.54) is 37.3 Å². The van der Waals surface area contributed by atoms with E-state index in [0.29, 0.717) is 11.1 Å². The van der Waals surface area contributed by atoms with E-state index in [4.69, 9.17) is 11.0 Å². The van der Waals surface area contributed by atoms with Gasteiger partial charge in [0.2, 0.25) is 5.91 Å². The molecule has 36 heavy (non-hydrogen) atoms. The summed E-state index contributed by atoms with van der Waals surface area (Å²) in [5.41, 5.74) is 3.97. The fourth-order valence-electron chi connectivity index (χ4n) is 3.66. The molecule has 0 bridgehead atoms. The fourth-order valence-corrected chi connectivity index (χ4v) is 3.66. The Bertz CT molecular complexity index is 1550. The van der Waals surface area contributed by atoms with E-state index in [0.717, 1.165) is 10.7 Å². The zero-order chi connectivity index (χ0) is 26.2. The van der Waals surface area contributed by atoms with Crippen LogP contribution in [0.25, 0.3) is 10.9 Å². The Morgan fingerprint density at radius 2 is 1.89 bits per heavy atom. The minimum atomic E-state index is -4.88. The molecule has 9 nitrogen and oxygen atoms in total. The topological polar surface area (TPSA) is 147 Å². The van der Waals surface area contributed by atoms with Gasteiger partial charge in [-0.2, -0.15) is 23.5 Å². The number of alkyl halides is 3. The molecule has 2 aromatic carbocycles. The average molecular weight is 494 g/mol. The van der Waals surface area contributed by atoms with Gasteiger partial charge in [0.1, 0.15) is 11.4 Å². The first-order valence-corrected chi connectivity index (χ1v) is 10.4. The number of anilines is 1. The van der Waals surface area contributed by atoms with E-state index in [-0.39, 0.29) is 40.1 Å². The molecular formula is C24H17F3N6O3. The van der Waals surface area contributed by atoms with Gasteiger partial charge in [0.05, 0.1) is 46.0 Å². The van der Waals surface area contributed by atoms with Gasteiger partial charge in [-0.15, -0.1) is 0 Å². The third kappa shape index (κ3) is 4.54. The number of rotatable bonds is 5. The van der Waals surface area contributed by atoms with Crippen molar-refractivity contribution in [2.75, 3.05) is 5.32 Å². The van der Waals surface area contributed by atoms with E-state index >= 15 is 0 Å². The number of nitrogens with one attached hydrogen (secondary N) is 1. The summed E-state index contributed by atoms with van der Waals surface area (Å²) in [6.07, 6.45) is -4.88. The van der Waals surface area contributed by atoms with E-state index in [2.05, 4.69) is 15.4 Å². The summed E-state index contributed by atoms with van der Waals surface area (Å²) in [7, 11) is 0. The van der Waals surface area contributed by atoms with Gasteiger partial charge in [-0.05, 0) is 42.8 Å². The molecule has 0 unspecified atom stereocenters. The summed E-state index contributed by atoms with van der Waals surface area (Å²) in [5, 5.41) is 24.9. The molecule has 182 valence electrons. The minimum absolute atomic E-state index is 0.0175. The normalized spacial score (nSPS) is 11.3. The summed E-state index contributed by atoms with van der Waals surface area (Å²) < 4.78 is 42.4. The van der Waals surface area contributed by atoms with Crippen LogP contribution in [0, 0.1) is 18.3 Å². The van der Waals surface area contributed by atoms with Crippen molar-refractivity contribution in [3.63, 3.8) is 0 Å². The van der Waals surface area contributed by atoms with Crippen LogP contribution in [0.5, 0.6) is 5.75 Å². The lowest BCUT2D eigenvalue weighted by atomic mass is 10.1. The molecule has 0 saturated heterocycles. The highest BCUT2D eigenvalue weighted by Crippen LogP contribution is 2.36. The Hall–Kier alpha value is -4.92. The monoisotopic (exact) mass is 494 g/mol. The standard InChI is InChI=1S/C24H17F3N6O3/c1-12-20(21(24(25,26)27)32-33(12)11-14-7-5-13(10-28)6-8-14)31-23(36)17-9-15(22(29)35)19-16(30-17)3-2-4-18(19)34/h2-9,34H,11H2,1H3,(H2,29,35)(H,31,36). The summed E-state index contributed by atoms with van der Waals surface area (Å²) in [5.74, 6) is -2.28. The second kappa shape index (κ2) is 9.03. The predicted octanol–water partition coefficient (Wildman–Crippen LogP) is 3.74. The van der Waals surface area contributed by atoms with Crippen molar-refractivity contribution in [3.05, 3.63) is 82.3 Å². The molecule has 4 aromatic rings. The molecule has 0 radical (unpaired) electrons. The number of nitriles is 1. The van der Waals surface area contributed by atoms with Crippen LogP contribution in [0.1, 0.15) is 43.4 Å². The number of carbonyl (C=O) groups excluding carboxylic acids is 2. The number of carbonyl (C=O) groups is 2. The maximum absolute atomic E-state index is 13.8. The Labute approximate surface area is 201 Å². The van der Waals surface area contributed by atoms with Crippen LogP contribution >= 0.6 is 0 Å². The third-order valence-corrected chi connectivity index (χ3v) is 5.44. The van der Waals surface area contributed by atoms with Crippen molar-refractivity contribution in [1.29, 1.82) is 5.26 Å². The maximum atomic E-state index is 13.8. The second-order valence-electron chi connectivity index (χ2n) is 7.82. The van der Waals surface area contributed by atoms with Crippen molar-refractivity contribution in [2.24, 2.45) is 5.73 Å². The Kier molecular flexibility index (Phi) is 6.07. The number of phenols is 1. The first-order chi connectivity index (χ1) is 17.0. The lowest BCUT2D eigenvalue weighted by Crippen LogP contribution is -2.19. The van der Waals surface area contributed by atoms with Crippen LogP contribution < -0.4 is 11.1 Å². The van der Waals surface area contributed by atoms with Crippen molar-refractivity contribution in [3.8, 4) is 11.8 Å². The summed E-state index contributed by atoms with van der Waals surface area (Å²) in [6.45, 7) is 1.32. The molecule has 2 heterocycles. The van der Waals surface area contributed by atoms with E-state index in [1.54, 1.807) is 12.1 Å². The van der Waals surface area contributed by atoms with Crippen molar-refractivity contribution in [2.45, 2.75) is 19.6 Å². The average Bonchev–Trinajstić information content (AvgIpc) is 3.14. The van der Waals surface area contributed by atoms with Crippen LogP contribution in [0.15, 0.2) is 48.5 Å². The molecule has 2 amide bonds. The largest absolute Gasteiger partial charge is 0.507 e. The minimum Gasteiger partial charge on any atom is -0.507 e. The van der Waals surface area contributed by atoms with Gasteiger partial charge in [-0.25, -0.2) is 4.98 Å². The van der Waals surface area contributed by atoms with Gasteiger partial charge in [-0.3, -0.25) is 14.3 Å². The number of aromatic hydroxyl groups is 1. The third-order valence-electron chi connectivity index (χ3n) is 5.44. The number of nitrogens with two attached hydrogens (primary N) is 1. The molecule has 0 aliphatic heterocycles. The molecule has 0 aliphatic rings. The first kappa shape index (κ1) is 24.2. The molecule has 0 atom stereocenters. The lowest BCUT2D eigenvalue weighted by Gasteiger charge is -2.11. The van der Waals surface area contributed by atoms with E-state index in [1.807, 2.05) is 6.07 Å². The molecule has 4 N–H and O–H groups in total. The Balaban J connectivity index is 1.74. The maximum Gasteiger partial charge on any atom is 0.437 e. The summed E-state index contributed by atoms with van der Waals surface area (Å²) >= 11 is 0. The molecule has 0 fully saturated rings. The number of hydrogen-bond donors (Lipinski definition) is 3. The van der Waals surface area contributed by atoms with Crippen molar-refractivity contribution in [1.82, 2.24) is 14.8 Å². The number of benzene rings is 2. The zero-order valence-corrected chi connectivity index (χ0v) is 18.6. The number of nitrogens with zero attached hydrogens (tertiary/aromatic N) is 4. The van der Waals surface area contributed by atoms with Crippen LogP contribution in [0.2, 0.25) is 0 Å². The number of pyridine rings is 1. The van der Waals surface area contributed by atoms with Gasteiger partial charge in [0, 0.05) is 0 Å². The summed E-state index contributed by atoms with van der Waals surface area (Å²) in [4.78, 5) is 29.0. The number of phenolic OH excluding ortho intramolecular Hbond substituents is 1. The van der Waals surface area contributed by atoms with E-state index < -0.39 is 29.4 Å². The number of aromatic nitrogens is 3. The highest BCUT2D eigenvalue weighted by atomic mass is 19.4. The number of fused-ring (bicyclic) bond motifs is 1. The Morgan fingerprint density at radius 1 is 1.19 bits per heavy atom. The van der Waals surface area contributed by atoms with Gasteiger partial charge in [0.15, 0.2) is 5.69 Å². The number of halogens is 3. The molecule has 0 saturated carbocycles. The van der Waals surface area contributed by atoms with Crippen molar-refractivity contribution < 1.29 is 27.9 Å². The highest BCUT2D eigenvalue weighted by Gasteiger charge is 2.39. The quantitative estimate of drug-likeness (QED) is 0.385. The predicted molar refractivity (Wildman–Crippen MR) is 122 cm³/mol. The fraction of sp³-hybridized carbons (Fsp3) is 0.125. The van der Waals surface area contributed by atoms with E-state index in [9.17, 15) is 27.9 Å². The molecule has 12 heteroatoms. The van der Waals surface area contributed by atoms with Crippen LogP contribution in [-0.2, 0) is 12.7 Å². The molecule has 0 spiro atoms. The number of hydrogen-bond acceptors (Lipinski definition) is 6. The lowest BCUT2D eigenvalue weighted by molar-refractivity contribution is -0.140. The highest BCUT2D eigenvalue weighted by molar-refractivity contribution is 6.11. The second-order valence-corrected chi connectivity index (χ2v) is 7.82. The molecular weight excluding hydrogens is 477 g/mol. The van der Waals surface area contributed by atoms with Crippen molar-refractivity contribution >= 4 is 28.4 Å². The Morgan fingerprint density at radius 3 is 2.50 bits per heavy atom. The van der Waals surface area contributed by atoms with Gasteiger partial charge < -0.3 is 16.2 Å². The van der Waals surface area contributed by atoms with Crippen LogP contribution in [0.4, 0.5) is 18.9 Å². The van der Waals surface area contributed by atoms with Gasteiger partial charge >= 0.3 is 6.18 Å². The summed E-state index contributed by atoms with van der Waals surface area (Å²) in [6, 6.07) is 13.3. The van der Waals surface area contributed by atoms with Gasteiger partial charge in [0.25, 0.3) is 5.91 Å². The smallest absolute Gasteiger partial charge is 0.437 e. The SMILES string of the molecule is Cc1c(NC(=O)c2cc(C(N)=O)c3c(O)cccc3n2)c(C(F)(F)F)nn1Cc1ccc(C#N)cc1.